The lowest BCUT2D eigenvalue weighted by molar-refractivity contribution is 0.0688. The molecule has 5 heteroatoms. The van der Waals surface area contributed by atoms with E-state index in [9.17, 15) is 4.79 Å². The standard InChI is InChI=1S/C9H12N2O3/c1-3-4-14-9-10-6(2)5-7(11-9)8(12)13/h5H,3-4H2,1-2H3,(H,12,13). The first-order valence-electron chi connectivity index (χ1n) is 4.35. The molecule has 0 unspecified atom stereocenters. The summed E-state index contributed by atoms with van der Waals surface area (Å²) >= 11 is 0. The van der Waals surface area contributed by atoms with E-state index >= 15 is 0 Å². The van der Waals surface area contributed by atoms with Crippen LogP contribution in [0.5, 0.6) is 6.01 Å². The minimum atomic E-state index is -1.07. The second kappa shape index (κ2) is 4.55. The molecule has 1 aromatic heterocycles. The van der Waals surface area contributed by atoms with Gasteiger partial charge in [-0.1, -0.05) is 6.92 Å². The lowest BCUT2D eigenvalue weighted by atomic mass is 10.3. The number of aryl methyl sites for hydroxylation is 1. The highest BCUT2D eigenvalue weighted by Crippen LogP contribution is 2.07. The van der Waals surface area contributed by atoms with E-state index < -0.39 is 5.97 Å². The van der Waals surface area contributed by atoms with Gasteiger partial charge in [0.15, 0.2) is 5.69 Å². The summed E-state index contributed by atoms with van der Waals surface area (Å²) in [5.41, 5.74) is 0.548. The maximum atomic E-state index is 10.6. The molecule has 0 aliphatic heterocycles. The summed E-state index contributed by atoms with van der Waals surface area (Å²) in [7, 11) is 0. The van der Waals surface area contributed by atoms with Gasteiger partial charge in [0, 0.05) is 5.69 Å². The van der Waals surface area contributed by atoms with Crippen LogP contribution in [-0.2, 0) is 0 Å². The van der Waals surface area contributed by atoms with E-state index in [0.717, 1.165) is 6.42 Å². The van der Waals surface area contributed by atoms with Gasteiger partial charge in [0.05, 0.1) is 6.61 Å². The fourth-order valence-electron chi connectivity index (χ4n) is 0.909. The van der Waals surface area contributed by atoms with Crippen LogP contribution < -0.4 is 4.74 Å². The van der Waals surface area contributed by atoms with Gasteiger partial charge in [-0.3, -0.25) is 0 Å². The molecule has 1 rings (SSSR count). The SMILES string of the molecule is CCCOc1nc(C)cc(C(=O)O)n1. The fourth-order valence-corrected chi connectivity index (χ4v) is 0.909. The second-order valence-corrected chi connectivity index (χ2v) is 2.83. The summed E-state index contributed by atoms with van der Waals surface area (Å²) in [6.07, 6.45) is 0.833. The molecule has 0 saturated heterocycles. The molecule has 5 nitrogen and oxygen atoms in total. The van der Waals surface area contributed by atoms with Gasteiger partial charge in [-0.15, -0.1) is 0 Å². The maximum absolute atomic E-state index is 10.6. The molecule has 1 N–H and O–H groups in total. The van der Waals surface area contributed by atoms with E-state index in [1.807, 2.05) is 6.92 Å². The molecule has 0 spiro atoms. The highest BCUT2D eigenvalue weighted by atomic mass is 16.5. The number of ether oxygens (including phenoxy) is 1. The largest absolute Gasteiger partial charge is 0.477 e. The molecule has 1 heterocycles. The average Bonchev–Trinajstić information content (AvgIpc) is 2.14. The van der Waals surface area contributed by atoms with Crippen LogP contribution in [0.1, 0.15) is 29.5 Å². The van der Waals surface area contributed by atoms with E-state index in [2.05, 4.69) is 9.97 Å². The van der Waals surface area contributed by atoms with Crippen molar-refractivity contribution < 1.29 is 14.6 Å². The van der Waals surface area contributed by atoms with Crippen LogP contribution in [0.4, 0.5) is 0 Å². The molecule has 14 heavy (non-hydrogen) atoms. The van der Waals surface area contributed by atoms with E-state index in [1.54, 1.807) is 6.92 Å². The van der Waals surface area contributed by atoms with Crippen molar-refractivity contribution in [3.05, 3.63) is 17.5 Å². The van der Waals surface area contributed by atoms with E-state index in [4.69, 9.17) is 9.84 Å². The normalized spacial score (nSPS) is 9.86. The Hall–Kier alpha value is -1.65. The lowest BCUT2D eigenvalue weighted by Crippen LogP contribution is -2.06. The Morgan fingerprint density at radius 3 is 2.86 bits per heavy atom. The zero-order chi connectivity index (χ0) is 10.6. The first-order valence-corrected chi connectivity index (χ1v) is 4.35. The van der Waals surface area contributed by atoms with Gasteiger partial charge in [0.2, 0.25) is 0 Å². The average molecular weight is 196 g/mol. The number of carboxylic acids is 1. The van der Waals surface area contributed by atoms with Gasteiger partial charge in [-0.25, -0.2) is 9.78 Å². The van der Waals surface area contributed by atoms with Crippen molar-refractivity contribution in [1.29, 1.82) is 0 Å². The molecule has 0 atom stereocenters. The number of hydrogen-bond donors (Lipinski definition) is 1. The summed E-state index contributed by atoms with van der Waals surface area (Å²) in [6.45, 7) is 4.14. The smallest absolute Gasteiger partial charge is 0.354 e. The van der Waals surface area contributed by atoms with Crippen LogP contribution in [0.15, 0.2) is 6.07 Å². The molecule has 0 fully saturated rings. The third kappa shape index (κ3) is 2.69. The van der Waals surface area contributed by atoms with Gasteiger partial charge in [-0.05, 0) is 19.4 Å². The molecule has 0 bridgehead atoms. The first kappa shape index (κ1) is 10.4. The summed E-state index contributed by atoms with van der Waals surface area (Å²) < 4.78 is 5.14. The highest BCUT2D eigenvalue weighted by molar-refractivity contribution is 5.85. The van der Waals surface area contributed by atoms with Crippen molar-refractivity contribution in [1.82, 2.24) is 9.97 Å². The molecule has 0 aliphatic rings. The maximum Gasteiger partial charge on any atom is 0.354 e. The van der Waals surface area contributed by atoms with Gasteiger partial charge >= 0.3 is 12.0 Å². The molecule has 76 valence electrons. The summed E-state index contributed by atoms with van der Waals surface area (Å²) in [6, 6.07) is 1.53. The first-order chi connectivity index (χ1) is 6.63. The topological polar surface area (TPSA) is 72.3 Å². The van der Waals surface area contributed by atoms with Gasteiger partial charge in [-0.2, -0.15) is 4.98 Å². The molecule has 0 radical (unpaired) electrons. The Morgan fingerprint density at radius 2 is 2.29 bits per heavy atom. The molecule has 0 aromatic carbocycles. The molecular weight excluding hydrogens is 184 g/mol. The minimum Gasteiger partial charge on any atom is -0.477 e. The Labute approximate surface area is 81.8 Å². The Balaban J connectivity index is 2.89. The van der Waals surface area contributed by atoms with Crippen molar-refractivity contribution in [3.63, 3.8) is 0 Å². The summed E-state index contributed by atoms with van der Waals surface area (Å²) in [5.74, 6) is -1.07. The minimum absolute atomic E-state index is 0.0383. The molecule has 0 saturated carbocycles. The van der Waals surface area contributed by atoms with E-state index in [1.165, 1.54) is 6.07 Å². The number of hydrogen-bond acceptors (Lipinski definition) is 4. The Bertz CT molecular complexity index is 339. The number of rotatable bonds is 4. The van der Waals surface area contributed by atoms with Crippen molar-refractivity contribution in [3.8, 4) is 6.01 Å². The van der Waals surface area contributed by atoms with Crippen molar-refractivity contribution >= 4 is 5.97 Å². The lowest BCUT2D eigenvalue weighted by Gasteiger charge is -2.03. The quantitative estimate of drug-likeness (QED) is 0.785. The third-order valence-electron chi connectivity index (χ3n) is 1.49. The second-order valence-electron chi connectivity index (χ2n) is 2.83. The molecule has 0 amide bonds. The molecule has 1 aromatic rings. The summed E-state index contributed by atoms with van der Waals surface area (Å²) in [5, 5.41) is 8.71. The van der Waals surface area contributed by atoms with Gasteiger partial charge < -0.3 is 9.84 Å². The van der Waals surface area contributed by atoms with Crippen LogP contribution in [0.2, 0.25) is 0 Å². The van der Waals surface area contributed by atoms with Gasteiger partial charge in [0.25, 0.3) is 0 Å². The van der Waals surface area contributed by atoms with Crippen LogP contribution in [-0.4, -0.2) is 27.7 Å². The zero-order valence-corrected chi connectivity index (χ0v) is 8.15. The Kier molecular flexibility index (Phi) is 3.39. The number of nitrogens with zero attached hydrogens (tertiary/aromatic N) is 2. The predicted molar refractivity (Wildman–Crippen MR) is 49.5 cm³/mol. The summed E-state index contributed by atoms with van der Waals surface area (Å²) in [4.78, 5) is 18.3. The third-order valence-corrected chi connectivity index (χ3v) is 1.49. The highest BCUT2D eigenvalue weighted by Gasteiger charge is 2.08. The van der Waals surface area contributed by atoms with Crippen molar-refractivity contribution in [2.75, 3.05) is 6.61 Å². The van der Waals surface area contributed by atoms with Crippen molar-refractivity contribution in [2.24, 2.45) is 0 Å². The number of carboxylic acid groups (broad SMARTS) is 1. The zero-order valence-electron chi connectivity index (χ0n) is 8.15. The van der Waals surface area contributed by atoms with Gasteiger partial charge in [0.1, 0.15) is 0 Å². The number of carbonyl (C=O) groups is 1. The number of aromatic nitrogens is 2. The van der Waals surface area contributed by atoms with E-state index in [0.29, 0.717) is 12.3 Å². The van der Waals surface area contributed by atoms with Crippen molar-refractivity contribution in [2.45, 2.75) is 20.3 Å². The monoisotopic (exact) mass is 196 g/mol. The van der Waals surface area contributed by atoms with Crippen LogP contribution >= 0.6 is 0 Å². The Morgan fingerprint density at radius 1 is 1.57 bits per heavy atom. The van der Waals surface area contributed by atoms with Crippen LogP contribution in [0.3, 0.4) is 0 Å². The number of aromatic carboxylic acids is 1. The molecule has 0 aliphatic carbocycles. The van der Waals surface area contributed by atoms with E-state index in [-0.39, 0.29) is 11.7 Å². The van der Waals surface area contributed by atoms with Crippen LogP contribution in [0, 0.1) is 6.92 Å². The molecular formula is C9H12N2O3. The fraction of sp³-hybridized carbons (Fsp3) is 0.444. The van der Waals surface area contributed by atoms with Crippen LogP contribution in [0.25, 0.3) is 0 Å². The predicted octanol–water partition coefficient (Wildman–Crippen LogP) is 1.27.